The topological polar surface area (TPSA) is 36.9 Å². The highest BCUT2D eigenvalue weighted by Crippen LogP contribution is 2.21. The number of hydrogen-bond acceptors (Lipinski definition) is 4. The van der Waals surface area contributed by atoms with Gasteiger partial charge in [-0.05, 0) is 101 Å². The SMILES string of the molecule is CC(C)=C(C)c1ccc(C)c([SiH2]O[SiH2]O[SiH](O[Si](C)(C)C)O[Si](C)(C)C)c1C. The Labute approximate surface area is 181 Å². The van der Waals surface area contributed by atoms with Crippen molar-refractivity contribution in [1.29, 1.82) is 0 Å². The summed E-state index contributed by atoms with van der Waals surface area (Å²) >= 11 is 0. The average Bonchev–Trinajstić information content (AvgIpc) is 2.50. The summed E-state index contributed by atoms with van der Waals surface area (Å²) in [7, 11) is -7.39. The summed E-state index contributed by atoms with van der Waals surface area (Å²) in [5.74, 6) is 0. The van der Waals surface area contributed by atoms with Crippen LogP contribution in [0.3, 0.4) is 0 Å². The first-order valence-electron chi connectivity index (χ1n) is 10.00. The molecule has 0 aliphatic heterocycles. The molecule has 4 nitrogen and oxygen atoms in total. The van der Waals surface area contributed by atoms with Crippen LogP contribution in [-0.4, -0.2) is 45.9 Å². The molecule has 1 aromatic rings. The minimum atomic E-state index is -2.10. The van der Waals surface area contributed by atoms with Crippen molar-refractivity contribution in [3.63, 3.8) is 0 Å². The fourth-order valence-electron chi connectivity index (χ4n) is 2.71. The first-order chi connectivity index (χ1) is 12.7. The lowest BCUT2D eigenvalue weighted by Gasteiger charge is -2.30. The van der Waals surface area contributed by atoms with Gasteiger partial charge >= 0.3 is 9.53 Å². The highest BCUT2D eigenvalue weighted by Gasteiger charge is 2.30. The van der Waals surface area contributed by atoms with Gasteiger partial charge in [0.05, 0.1) is 0 Å². The summed E-state index contributed by atoms with van der Waals surface area (Å²) in [6, 6.07) is 4.47. The smallest absolute Gasteiger partial charge is 0.442 e. The predicted molar refractivity (Wildman–Crippen MR) is 135 cm³/mol. The molecule has 28 heavy (non-hydrogen) atoms. The van der Waals surface area contributed by atoms with Gasteiger partial charge in [0, 0.05) is 0 Å². The summed E-state index contributed by atoms with van der Waals surface area (Å²) in [6.07, 6.45) is 0. The van der Waals surface area contributed by atoms with Gasteiger partial charge in [0.2, 0.25) is 0 Å². The van der Waals surface area contributed by atoms with Crippen LogP contribution in [0.5, 0.6) is 0 Å². The molecule has 0 atom stereocenters. The maximum Gasteiger partial charge on any atom is 0.453 e. The molecule has 0 spiro atoms. The zero-order chi connectivity index (χ0) is 21.7. The van der Waals surface area contributed by atoms with Crippen LogP contribution < -0.4 is 5.19 Å². The third-order valence-electron chi connectivity index (χ3n) is 4.42. The van der Waals surface area contributed by atoms with E-state index < -0.39 is 45.9 Å². The lowest BCUT2D eigenvalue weighted by Crippen LogP contribution is -2.46. The Morgan fingerprint density at radius 3 is 1.89 bits per heavy atom. The van der Waals surface area contributed by atoms with Crippen molar-refractivity contribution in [3.8, 4) is 0 Å². The predicted octanol–water partition coefficient (Wildman–Crippen LogP) is 3.28. The molecular formula is C19H40O4Si5. The number of rotatable bonds is 10. The number of hydrogen-bond donors (Lipinski definition) is 0. The molecule has 9 heteroatoms. The molecule has 1 aromatic carbocycles. The van der Waals surface area contributed by atoms with Gasteiger partial charge in [0.25, 0.3) is 10.0 Å². The molecular weight excluding hydrogens is 433 g/mol. The minimum absolute atomic E-state index is 0.826. The van der Waals surface area contributed by atoms with Crippen LogP contribution in [0.15, 0.2) is 17.7 Å². The summed E-state index contributed by atoms with van der Waals surface area (Å²) in [6.45, 7) is 24.1. The molecule has 0 N–H and O–H groups in total. The summed E-state index contributed by atoms with van der Waals surface area (Å²) in [5, 5.41) is 1.41. The van der Waals surface area contributed by atoms with Gasteiger partial charge in [-0.15, -0.1) is 0 Å². The van der Waals surface area contributed by atoms with E-state index in [9.17, 15) is 0 Å². The van der Waals surface area contributed by atoms with E-state index in [-0.39, 0.29) is 0 Å². The molecule has 0 unspecified atom stereocenters. The van der Waals surface area contributed by atoms with Crippen molar-refractivity contribution < 1.29 is 16.5 Å². The van der Waals surface area contributed by atoms with E-state index in [0.29, 0.717) is 0 Å². The monoisotopic (exact) mass is 472 g/mol. The molecule has 0 bridgehead atoms. The van der Waals surface area contributed by atoms with Crippen LogP contribution >= 0.6 is 0 Å². The highest BCUT2D eigenvalue weighted by molar-refractivity contribution is 6.80. The van der Waals surface area contributed by atoms with Gasteiger partial charge in [-0.25, -0.2) is 0 Å². The highest BCUT2D eigenvalue weighted by atomic mass is 28.5. The van der Waals surface area contributed by atoms with Crippen LogP contribution in [0.4, 0.5) is 0 Å². The summed E-state index contributed by atoms with van der Waals surface area (Å²) in [5.41, 5.74) is 6.76. The van der Waals surface area contributed by atoms with Crippen molar-refractivity contribution in [2.45, 2.75) is 73.9 Å². The normalized spacial score (nSPS) is 13.4. The number of benzene rings is 1. The fraction of sp³-hybridized carbons (Fsp3) is 0.579. The maximum atomic E-state index is 6.22. The molecule has 0 heterocycles. The van der Waals surface area contributed by atoms with Gasteiger partial charge in [-0.1, -0.05) is 17.7 Å². The molecule has 0 saturated heterocycles. The van der Waals surface area contributed by atoms with E-state index in [1.807, 2.05) is 0 Å². The van der Waals surface area contributed by atoms with E-state index in [4.69, 9.17) is 16.5 Å². The maximum absolute atomic E-state index is 6.22. The Hall–Kier alpha value is -0.116. The molecule has 0 amide bonds. The van der Waals surface area contributed by atoms with Crippen LogP contribution in [0.1, 0.15) is 37.5 Å². The van der Waals surface area contributed by atoms with Gasteiger partial charge in [-0.2, -0.15) is 0 Å². The fourth-order valence-corrected chi connectivity index (χ4v) is 13.3. The molecule has 1 rings (SSSR count). The molecule has 0 radical (unpaired) electrons. The van der Waals surface area contributed by atoms with Crippen LogP contribution in [0, 0.1) is 13.8 Å². The second-order valence-electron chi connectivity index (χ2n) is 9.54. The average molecular weight is 473 g/mol. The molecule has 0 saturated carbocycles. The van der Waals surface area contributed by atoms with Crippen molar-refractivity contribution in [3.05, 3.63) is 34.4 Å². The Bertz CT molecular complexity index is 673. The van der Waals surface area contributed by atoms with E-state index in [0.717, 1.165) is 0 Å². The van der Waals surface area contributed by atoms with Crippen LogP contribution in [0.2, 0.25) is 39.3 Å². The lowest BCUT2D eigenvalue weighted by atomic mass is 9.97. The Kier molecular flexibility index (Phi) is 9.98. The van der Waals surface area contributed by atoms with Gasteiger partial charge in [0.1, 0.15) is 0 Å². The van der Waals surface area contributed by atoms with Crippen molar-refractivity contribution >= 4 is 56.7 Å². The van der Waals surface area contributed by atoms with Crippen LogP contribution in [0.25, 0.3) is 5.57 Å². The standard InChI is InChI=1S/C19H40O4Si5/c1-14(2)16(4)18-13-12-15(3)19(17(18)5)24-20-25-21-26(22-27(6,7)8)23-28(9,10)11/h12-13,26H,24-25H2,1-11H3. The lowest BCUT2D eigenvalue weighted by molar-refractivity contribution is 0.292. The van der Waals surface area contributed by atoms with Gasteiger partial charge in [-0.3, -0.25) is 0 Å². The van der Waals surface area contributed by atoms with E-state index >= 15 is 0 Å². The quantitative estimate of drug-likeness (QED) is 0.387. The van der Waals surface area contributed by atoms with Crippen molar-refractivity contribution in [2.75, 3.05) is 0 Å². The first-order valence-corrected chi connectivity index (χ1v) is 20.7. The zero-order valence-electron chi connectivity index (χ0n) is 19.8. The minimum Gasteiger partial charge on any atom is -0.442 e. The largest absolute Gasteiger partial charge is 0.453 e. The zero-order valence-corrected chi connectivity index (χ0v) is 25.8. The first kappa shape index (κ1) is 25.9. The van der Waals surface area contributed by atoms with Crippen molar-refractivity contribution in [1.82, 2.24) is 0 Å². The summed E-state index contributed by atoms with van der Waals surface area (Å²) < 4.78 is 24.7. The number of aryl methyl sites for hydroxylation is 1. The number of allylic oxidation sites excluding steroid dienone is 2. The Morgan fingerprint density at radius 1 is 0.893 bits per heavy atom. The van der Waals surface area contributed by atoms with Crippen LogP contribution in [-0.2, 0) is 16.5 Å². The van der Waals surface area contributed by atoms with E-state index in [2.05, 4.69) is 86.0 Å². The Balaban J connectivity index is 2.79. The van der Waals surface area contributed by atoms with Gasteiger partial charge in [0.15, 0.2) is 26.4 Å². The molecule has 160 valence electrons. The third-order valence-corrected chi connectivity index (χ3v) is 16.1. The van der Waals surface area contributed by atoms with E-state index in [1.165, 1.54) is 33.0 Å². The molecule has 0 aromatic heterocycles. The Morgan fingerprint density at radius 2 is 1.43 bits per heavy atom. The van der Waals surface area contributed by atoms with E-state index in [1.54, 1.807) is 0 Å². The molecule has 0 fully saturated rings. The van der Waals surface area contributed by atoms with Crippen molar-refractivity contribution in [2.24, 2.45) is 0 Å². The molecule has 0 aliphatic rings. The molecule has 0 aliphatic carbocycles. The second-order valence-corrected chi connectivity index (χ2v) is 24.7. The second kappa shape index (κ2) is 10.8. The third kappa shape index (κ3) is 9.14. The summed E-state index contributed by atoms with van der Waals surface area (Å²) in [4.78, 5) is 0. The van der Waals surface area contributed by atoms with Gasteiger partial charge < -0.3 is 16.5 Å².